The maximum Gasteiger partial charge on any atom is 0.262 e. The minimum absolute atomic E-state index is 0.0230. The second-order valence-corrected chi connectivity index (χ2v) is 9.51. The fourth-order valence-corrected chi connectivity index (χ4v) is 3.65. The Morgan fingerprint density at radius 2 is 1.61 bits per heavy atom. The molecule has 0 fully saturated rings. The largest absolute Gasteiger partial charge is 0.483 e. The molecule has 0 bridgehead atoms. The van der Waals surface area contributed by atoms with Crippen LogP contribution >= 0.6 is 15.9 Å². The minimum atomic E-state index is -0.250. The lowest BCUT2D eigenvalue weighted by Crippen LogP contribution is -2.32. The molecule has 2 rings (SSSR count). The lowest BCUT2D eigenvalue weighted by Gasteiger charge is -2.23. The van der Waals surface area contributed by atoms with Gasteiger partial charge in [0, 0.05) is 34.4 Å². The molecule has 0 aromatic heterocycles. The molecule has 0 aliphatic heterocycles. The van der Waals surface area contributed by atoms with Crippen LogP contribution in [-0.2, 0) is 10.2 Å². The maximum atomic E-state index is 12.7. The van der Waals surface area contributed by atoms with E-state index in [0.717, 1.165) is 36.0 Å². The fourth-order valence-electron chi connectivity index (χ4n) is 3.29. The van der Waals surface area contributed by atoms with E-state index >= 15 is 0 Å². The van der Waals surface area contributed by atoms with Gasteiger partial charge in [0.25, 0.3) is 11.8 Å². The van der Waals surface area contributed by atoms with Gasteiger partial charge >= 0.3 is 0 Å². The first-order valence-corrected chi connectivity index (χ1v) is 11.6. The number of anilines is 1. The highest BCUT2D eigenvalue weighted by Crippen LogP contribution is 2.33. The van der Waals surface area contributed by atoms with Crippen molar-refractivity contribution in [2.24, 2.45) is 0 Å². The zero-order chi connectivity index (χ0) is 23.0. The van der Waals surface area contributed by atoms with Crippen molar-refractivity contribution in [3.05, 3.63) is 58.1 Å². The van der Waals surface area contributed by atoms with Crippen molar-refractivity contribution in [2.75, 3.05) is 25.0 Å². The van der Waals surface area contributed by atoms with Crippen LogP contribution in [0.3, 0.4) is 0 Å². The highest BCUT2D eigenvalue weighted by molar-refractivity contribution is 9.10. The van der Waals surface area contributed by atoms with Crippen molar-refractivity contribution >= 4 is 33.4 Å². The molecule has 6 heteroatoms. The van der Waals surface area contributed by atoms with Gasteiger partial charge < -0.3 is 15.0 Å². The molecule has 0 heterocycles. The van der Waals surface area contributed by atoms with Gasteiger partial charge in [0.05, 0.1) is 0 Å². The zero-order valence-electron chi connectivity index (χ0n) is 19.1. The van der Waals surface area contributed by atoms with E-state index in [0.29, 0.717) is 17.0 Å². The van der Waals surface area contributed by atoms with Gasteiger partial charge in [-0.1, -0.05) is 50.5 Å². The third kappa shape index (κ3) is 7.39. The predicted octanol–water partition coefficient (Wildman–Crippen LogP) is 6.03. The molecule has 0 spiro atoms. The van der Waals surface area contributed by atoms with Crippen molar-refractivity contribution in [3.8, 4) is 5.75 Å². The molecule has 1 N–H and O–H groups in total. The normalized spacial score (nSPS) is 11.2. The lowest BCUT2D eigenvalue weighted by atomic mass is 9.86. The third-order valence-electron chi connectivity index (χ3n) is 4.80. The Labute approximate surface area is 194 Å². The quantitative estimate of drug-likeness (QED) is 0.468. The molecule has 2 aromatic rings. The molecule has 168 valence electrons. The van der Waals surface area contributed by atoms with Gasteiger partial charge in [-0.2, -0.15) is 0 Å². The van der Waals surface area contributed by atoms with Crippen LogP contribution in [0.25, 0.3) is 0 Å². The smallest absolute Gasteiger partial charge is 0.262 e. The van der Waals surface area contributed by atoms with Gasteiger partial charge in [0.2, 0.25) is 0 Å². The summed E-state index contributed by atoms with van der Waals surface area (Å²) < 4.78 is 6.78. The molecule has 0 atom stereocenters. The summed E-state index contributed by atoms with van der Waals surface area (Å²) in [4.78, 5) is 26.9. The van der Waals surface area contributed by atoms with Crippen molar-refractivity contribution in [1.29, 1.82) is 0 Å². The highest BCUT2D eigenvalue weighted by atomic mass is 79.9. The van der Waals surface area contributed by atoms with Crippen molar-refractivity contribution in [2.45, 2.75) is 52.9 Å². The molecule has 31 heavy (non-hydrogen) atoms. The van der Waals surface area contributed by atoms with Gasteiger partial charge in [-0.05, 0) is 60.7 Å². The summed E-state index contributed by atoms with van der Waals surface area (Å²) in [5.41, 5.74) is 2.18. The van der Waals surface area contributed by atoms with E-state index in [9.17, 15) is 9.59 Å². The molecule has 0 aliphatic rings. The van der Waals surface area contributed by atoms with Crippen molar-refractivity contribution in [3.63, 3.8) is 0 Å². The van der Waals surface area contributed by atoms with E-state index < -0.39 is 0 Å². The standard InChI is InChI=1S/C25H33BrN2O3/c1-6-14-28(15-7-2)24(30)18-8-11-20(12-9-18)27-23(29)17-31-22-13-10-19(26)16-21(22)25(3,4)5/h8-13,16H,6-7,14-15,17H2,1-5H3,(H,27,29). The van der Waals surface area contributed by atoms with Crippen LogP contribution in [0.5, 0.6) is 5.75 Å². The topological polar surface area (TPSA) is 58.6 Å². The van der Waals surface area contributed by atoms with Gasteiger partial charge in [0.1, 0.15) is 5.75 Å². The molecule has 0 saturated carbocycles. The van der Waals surface area contributed by atoms with Crippen LogP contribution in [0.1, 0.15) is 63.4 Å². The SMILES string of the molecule is CCCN(CCC)C(=O)c1ccc(NC(=O)COc2ccc(Br)cc2C(C)(C)C)cc1. The molecule has 5 nitrogen and oxygen atoms in total. The van der Waals surface area contributed by atoms with E-state index in [1.54, 1.807) is 24.3 Å². The van der Waals surface area contributed by atoms with E-state index in [2.05, 4.69) is 55.9 Å². The summed E-state index contributed by atoms with van der Waals surface area (Å²) in [6.45, 7) is 11.8. The van der Waals surface area contributed by atoms with E-state index in [4.69, 9.17) is 4.74 Å². The van der Waals surface area contributed by atoms with Crippen molar-refractivity contribution in [1.82, 2.24) is 4.90 Å². The predicted molar refractivity (Wildman–Crippen MR) is 130 cm³/mol. The Morgan fingerprint density at radius 1 is 1.00 bits per heavy atom. The lowest BCUT2D eigenvalue weighted by molar-refractivity contribution is -0.118. The third-order valence-corrected chi connectivity index (χ3v) is 5.29. The Hall–Kier alpha value is -2.34. The molecule has 0 unspecified atom stereocenters. The number of halogens is 1. The van der Waals surface area contributed by atoms with E-state index in [1.807, 2.05) is 23.1 Å². The molecular formula is C25H33BrN2O3. The van der Waals surface area contributed by atoms with Crippen LogP contribution < -0.4 is 10.1 Å². The van der Waals surface area contributed by atoms with Gasteiger partial charge in [-0.3, -0.25) is 9.59 Å². The van der Waals surface area contributed by atoms with Crippen molar-refractivity contribution < 1.29 is 14.3 Å². The number of carbonyl (C=O) groups is 2. The molecule has 2 aromatic carbocycles. The van der Waals surface area contributed by atoms with Crippen LogP contribution in [-0.4, -0.2) is 36.4 Å². The van der Waals surface area contributed by atoms with Gasteiger partial charge in [0.15, 0.2) is 6.61 Å². The first-order valence-electron chi connectivity index (χ1n) is 10.8. The number of ether oxygens (including phenoxy) is 1. The van der Waals surface area contributed by atoms with Crippen LogP contribution in [0.4, 0.5) is 5.69 Å². The molecule has 0 saturated heterocycles. The first kappa shape index (κ1) is 24.9. The van der Waals surface area contributed by atoms with Gasteiger partial charge in [-0.15, -0.1) is 0 Å². The van der Waals surface area contributed by atoms with Crippen LogP contribution in [0.2, 0.25) is 0 Å². The number of amides is 2. The molecule has 2 amide bonds. The number of nitrogens with one attached hydrogen (secondary N) is 1. The summed E-state index contributed by atoms with van der Waals surface area (Å²) in [5.74, 6) is 0.467. The summed E-state index contributed by atoms with van der Waals surface area (Å²) in [7, 11) is 0. The number of benzene rings is 2. The average molecular weight is 489 g/mol. The van der Waals surface area contributed by atoms with E-state index in [1.165, 1.54) is 0 Å². The minimum Gasteiger partial charge on any atom is -0.483 e. The Bertz CT molecular complexity index is 883. The number of hydrogen-bond donors (Lipinski definition) is 1. The Balaban J connectivity index is 1.99. The average Bonchev–Trinajstić information content (AvgIpc) is 2.72. The van der Waals surface area contributed by atoms with Crippen LogP contribution in [0, 0.1) is 0 Å². The number of rotatable bonds is 9. The molecular weight excluding hydrogens is 456 g/mol. The summed E-state index contributed by atoms with van der Waals surface area (Å²) in [6, 6.07) is 12.8. The summed E-state index contributed by atoms with van der Waals surface area (Å²) in [5, 5.41) is 2.83. The molecule has 0 radical (unpaired) electrons. The molecule has 0 aliphatic carbocycles. The highest BCUT2D eigenvalue weighted by Gasteiger charge is 2.20. The second-order valence-electron chi connectivity index (χ2n) is 8.60. The summed E-state index contributed by atoms with van der Waals surface area (Å²) >= 11 is 3.49. The number of hydrogen-bond acceptors (Lipinski definition) is 3. The second kappa shape index (κ2) is 11.3. The Kier molecular flexibility index (Phi) is 9.11. The van der Waals surface area contributed by atoms with E-state index in [-0.39, 0.29) is 23.8 Å². The zero-order valence-corrected chi connectivity index (χ0v) is 20.7. The van der Waals surface area contributed by atoms with Gasteiger partial charge in [-0.25, -0.2) is 0 Å². The summed E-state index contributed by atoms with van der Waals surface area (Å²) in [6.07, 6.45) is 1.85. The first-order chi connectivity index (χ1) is 14.7. The number of nitrogens with zero attached hydrogens (tertiary/aromatic N) is 1. The fraction of sp³-hybridized carbons (Fsp3) is 0.440. The maximum absolute atomic E-state index is 12.7. The Morgan fingerprint density at radius 3 is 2.16 bits per heavy atom. The number of carbonyl (C=O) groups excluding carboxylic acids is 2. The van der Waals surface area contributed by atoms with Crippen LogP contribution in [0.15, 0.2) is 46.9 Å². The monoisotopic (exact) mass is 488 g/mol.